The van der Waals surface area contributed by atoms with E-state index in [2.05, 4.69) is 22.0 Å². The molecule has 0 aliphatic carbocycles. The van der Waals surface area contributed by atoms with E-state index in [1.165, 1.54) is 11.3 Å². The summed E-state index contributed by atoms with van der Waals surface area (Å²) in [4.78, 5) is 9.35. The smallest absolute Gasteiger partial charge is 0.229 e. The van der Waals surface area contributed by atoms with E-state index in [1.807, 2.05) is 6.92 Å². The van der Waals surface area contributed by atoms with Gasteiger partial charge in [-0.2, -0.15) is 4.98 Å². The normalized spacial score (nSPS) is 14.6. The Hall–Kier alpha value is -1.27. The Morgan fingerprint density at radius 3 is 2.89 bits per heavy atom. The van der Waals surface area contributed by atoms with Crippen molar-refractivity contribution >= 4 is 11.3 Å². The van der Waals surface area contributed by atoms with Crippen LogP contribution in [0.3, 0.4) is 0 Å². The summed E-state index contributed by atoms with van der Waals surface area (Å²) in [5.74, 6) is 1.60. The van der Waals surface area contributed by atoms with Crippen molar-refractivity contribution in [2.45, 2.75) is 45.1 Å². The van der Waals surface area contributed by atoms with Crippen LogP contribution < -0.4 is 5.73 Å². The third-order valence-electron chi connectivity index (χ3n) is 2.81. The average molecular weight is 266 g/mol. The van der Waals surface area contributed by atoms with E-state index in [0.29, 0.717) is 11.7 Å². The maximum Gasteiger partial charge on any atom is 0.229 e. The lowest BCUT2D eigenvalue weighted by atomic mass is 10.0. The van der Waals surface area contributed by atoms with Crippen LogP contribution in [0.25, 0.3) is 10.7 Å². The average Bonchev–Trinajstić information content (AvgIpc) is 2.99. The van der Waals surface area contributed by atoms with Crippen molar-refractivity contribution in [3.05, 3.63) is 17.6 Å². The van der Waals surface area contributed by atoms with E-state index in [0.717, 1.165) is 24.1 Å². The van der Waals surface area contributed by atoms with Gasteiger partial charge in [0.05, 0.1) is 10.4 Å². The molecule has 98 valence electrons. The molecule has 0 aliphatic heterocycles. The molecule has 2 N–H and O–H groups in total. The summed E-state index contributed by atoms with van der Waals surface area (Å²) in [7, 11) is 0. The first-order valence-corrected chi connectivity index (χ1v) is 7.03. The lowest BCUT2D eigenvalue weighted by Crippen LogP contribution is -2.14. The van der Waals surface area contributed by atoms with Crippen LogP contribution in [0.4, 0.5) is 0 Å². The molecule has 2 aromatic rings. The van der Waals surface area contributed by atoms with Gasteiger partial charge in [0, 0.05) is 18.2 Å². The molecule has 2 atom stereocenters. The molecule has 0 aromatic carbocycles. The Labute approximate surface area is 110 Å². The maximum atomic E-state index is 5.73. The van der Waals surface area contributed by atoms with E-state index in [-0.39, 0.29) is 12.0 Å². The summed E-state index contributed by atoms with van der Waals surface area (Å²) in [6.45, 7) is 4.13. The Morgan fingerprint density at radius 1 is 1.39 bits per heavy atom. The first kappa shape index (κ1) is 13.2. The molecule has 0 fully saturated rings. The fourth-order valence-electron chi connectivity index (χ4n) is 1.73. The van der Waals surface area contributed by atoms with Gasteiger partial charge in [0.25, 0.3) is 0 Å². The highest BCUT2D eigenvalue weighted by atomic mass is 32.1. The Kier molecular flexibility index (Phi) is 4.43. The highest BCUT2D eigenvalue weighted by molar-refractivity contribution is 7.13. The maximum absolute atomic E-state index is 5.73. The molecular formula is C12H18N4OS. The second-order valence-electron chi connectivity index (χ2n) is 4.63. The van der Waals surface area contributed by atoms with E-state index in [9.17, 15) is 0 Å². The second kappa shape index (κ2) is 6.06. The number of nitrogens with two attached hydrogens (primary N) is 1. The number of rotatable bonds is 6. The third-order valence-corrected chi connectivity index (χ3v) is 3.58. The Morgan fingerprint density at radius 2 is 2.22 bits per heavy atom. The number of aromatic nitrogens is 3. The number of hydrogen-bond acceptors (Lipinski definition) is 6. The van der Waals surface area contributed by atoms with Gasteiger partial charge in [0.1, 0.15) is 0 Å². The summed E-state index contributed by atoms with van der Waals surface area (Å²) < 4.78 is 5.29. The molecule has 18 heavy (non-hydrogen) atoms. The van der Waals surface area contributed by atoms with Crippen LogP contribution in [0.5, 0.6) is 0 Å². The number of nitrogens with zero attached hydrogens (tertiary/aromatic N) is 3. The van der Waals surface area contributed by atoms with Gasteiger partial charge in [0.2, 0.25) is 11.7 Å². The zero-order valence-corrected chi connectivity index (χ0v) is 11.5. The molecule has 5 nitrogen and oxygen atoms in total. The van der Waals surface area contributed by atoms with E-state index in [1.54, 1.807) is 11.7 Å². The van der Waals surface area contributed by atoms with Gasteiger partial charge in [-0.1, -0.05) is 18.5 Å². The quantitative estimate of drug-likeness (QED) is 0.869. The minimum absolute atomic E-state index is 0.257. The highest BCUT2D eigenvalue weighted by Gasteiger charge is 2.15. The molecule has 0 aliphatic rings. The molecular weight excluding hydrogens is 248 g/mol. The van der Waals surface area contributed by atoms with E-state index < -0.39 is 0 Å². The molecule has 2 aromatic heterocycles. The molecule has 0 amide bonds. The topological polar surface area (TPSA) is 77.8 Å². The zero-order valence-electron chi connectivity index (χ0n) is 10.7. The first-order valence-electron chi connectivity index (χ1n) is 6.15. The van der Waals surface area contributed by atoms with Gasteiger partial charge in [-0.15, -0.1) is 11.3 Å². The molecule has 0 saturated heterocycles. The first-order chi connectivity index (χ1) is 8.66. The summed E-state index contributed by atoms with van der Waals surface area (Å²) >= 11 is 1.51. The number of thiazole rings is 1. The summed E-state index contributed by atoms with van der Waals surface area (Å²) in [5.41, 5.74) is 7.49. The number of hydrogen-bond donors (Lipinski definition) is 1. The van der Waals surface area contributed by atoms with Crippen LogP contribution in [-0.2, 0) is 0 Å². The van der Waals surface area contributed by atoms with Crippen LogP contribution in [-0.4, -0.2) is 21.2 Å². The molecule has 2 unspecified atom stereocenters. The van der Waals surface area contributed by atoms with Gasteiger partial charge in [-0.05, 0) is 19.8 Å². The van der Waals surface area contributed by atoms with Crippen molar-refractivity contribution in [1.82, 2.24) is 15.1 Å². The summed E-state index contributed by atoms with van der Waals surface area (Å²) in [6, 6.07) is 0.257. The minimum atomic E-state index is 0.257. The third kappa shape index (κ3) is 3.36. The van der Waals surface area contributed by atoms with Crippen LogP contribution >= 0.6 is 11.3 Å². The van der Waals surface area contributed by atoms with Crippen LogP contribution in [0.2, 0.25) is 0 Å². The van der Waals surface area contributed by atoms with E-state index >= 15 is 0 Å². The predicted octanol–water partition coefficient (Wildman–Crippen LogP) is 2.81. The molecule has 2 heterocycles. The standard InChI is InChI=1S/C12H18N4OS/c1-8(4-3-5-9(2)13)12-15-11(16-17-12)10-6-14-7-18-10/h6-9H,3-5,13H2,1-2H3. The van der Waals surface area contributed by atoms with Crippen molar-refractivity contribution < 1.29 is 4.52 Å². The van der Waals surface area contributed by atoms with Crippen LogP contribution in [0, 0.1) is 0 Å². The lowest BCUT2D eigenvalue weighted by molar-refractivity contribution is 0.350. The molecule has 6 heteroatoms. The van der Waals surface area contributed by atoms with Gasteiger partial charge >= 0.3 is 0 Å². The van der Waals surface area contributed by atoms with Crippen LogP contribution in [0.15, 0.2) is 16.2 Å². The fraction of sp³-hybridized carbons (Fsp3) is 0.583. The zero-order chi connectivity index (χ0) is 13.0. The van der Waals surface area contributed by atoms with Crippen LogP contribution in [0.1, 0.15) is 44.9 Å². The van der Waals surface area contributed by atoms with E-state index in [4.69, 9.17) is 10.3 Å². The predicted molar refractivity (Wildman–Crippen MR) is 71.3 cm³/mol. The SMILES string of the molecule is CC(N)CCCC(C)c1nc(-c2cncs2)no1. The van der Waals surface area contributed by atoms with Gasteiger partial charge < -0.3 is 10.3 Å². The molecule has 0 bridgehead atoms. The van der Waals surface area contributed by atoms with Gasteiger partial charge in [0.15, 0.2) is 0 Å². The molecule has 2 rings (SSSR count). The van der Waals surface area contributed by atoms with Crippen molar-refractivity contribution in [2.24, 2.45) is 5.73 Å². The summed E-state index contributed by atoms with van der Waals surface area (Å²) in [6.07, 6.45) is 4.88. The molecule has 0 radical (unpaired) electrons. The Balaban J connectivity index is 1.93. The van der Waals surface area contributed by atoms with Gasteiger partial charge in [-0.25, -0.2) is 0 Å². The lowest BCUT2D eigenvalue weighted by Gasteiger charge is -2.07. The second-order valence-corrected chi connectivity index (χ2v) is 5.52. The van der Waals surface area contributed by atoms with Crippen molar-refractivity contribution in [1.29, 1.82) is 0 Å². The Bertz CT molecular complexity index is 466. The molecule has 0 spiro atoms. The monoisotopic (exact) mass is 266 g/mol. The van der Waals surface area contributed by atoms with Crippen molar-refractivity contribution in [3.63, 3.8) is 0 Å². The fourth-order valence-corrected chi connectivity index (χ4v) is 2.28. The minimum Gasteiger partial charge on any atom is -0.339 e. The van der Waals surface area contributed by atoms with Gasteiger partial charge in [-0.3, -0.25) is 4.98 Å². The van der Waals surface area contributed by atoms with Crippen molar-refractivity contribution in [3.8, 4) is 10.7 Å². The largest absolute Gasteiger partial charge is 0.339 e. The molecule has 0 saturated carbocycles. The highest BCUT2D eigenvalue weighted by Crippen LogP contribution is 2.25. The summed E-state index contributed by atoms with van der Waals surface area (Å²) in [5, 5.41) is 3.98. The van der Waals surface area contributed by atoms with Crippen molar-refractivity contribution in [2.75, 3.05) is 0 Å².